The van der Waals surface area contributed by atoms with Crippen LogP contribution in [-0.2, 0) is 20.9 Å². The van der Waals surface area contributed by atoms with Gasteiger partial charge in [-0.1, -0.05) is 18.2 Å². The molecule has 0 spiro atoms. The summed E-state index contributed by atoms with van der Waals surface area (Å²) in [6, 6.07) is 13.1. The number of hydrogen-bond donors (Lipinski definition) is 2. The molecule has 25 heavy (non-hydrogen) atoms. The average molecular weight is 336 g/mol. The van der Waals surface area contributed by atoms with E-state index in [1.54, 1.807) is 6.07 Å². The second-order valence-electron chi connectivity index (χ2n) is 6.14. The van der Waals surface area contributed by atoms with Crippen LogP contribution >= 0.6 is 0 Å². The lowest BCUT2D eigenvalue weighted by Crippen LogP contribution is -2.27. The van der Waals surface area contributed by atoms with Crippen LogP contribution in [-0.4, -0.2) is 23.9 Å². The molecule has 2 aliphatic heterocycles. The van der Waals surface area contributed by atoms with E-state index in [0.717, 1.165) is 16.7 Å². The van der Waals surface area contributed by atoms with Crippen LogP contribution in [0.15, 0.2) is 42.5 Å². The van der Waals surface area contributed by atoms with E-state index in [0.29, 0.717) is 24.2 Å². The first-order valence-corrected chi connectivity index (χ1v) is 8.12. The van der Waals surface area contributed by atoms with Gasteiger partial charge in [-0.15, -0.1) is 0 Å². The Morgan fingerprint density at radius 1 is 1.12 bits per heavy atom. The summed E-state index contributed by atoms with van der Waals surface area (Å²) in [6.45, 7) is 0.533. The number of carbonyl (C=O) groups is 3. The summed E-state index contributed by atoms with van der Waals surface area (Å²) in [7, 11) is 0. The van der Waals surface area contributed by atoms with Crippen molar-refractivity contribution in [2.24, 2.45) is 0 Å². The third kappa shape index (κ3) is 2.98. The zero-order valence-electron chi connectivity index (χ0n) is 13.4. The topological polar surface area (TPSA) is 84.5 Å². The lowest BCUT2D eigenvalue weighted by Gasteiger charge is -2.11. The number of fused-ring (bicyclic) bond motifs is 1. The van der Waals surface area contributed by atoms with Gasteiger partial charge in [0.2, 0.25) is 0 Å². The van der Waals surface area contributed by atoms with E-state index in [1.807, 2.05) is 36.4 Å². The Balaban J connectivity index is 1.55. The van der Waals surface area contributed by atoms with Gasteiger partial charge in [-0.3, -0.25) is 14.4 Å². The number of amides is 2. The molecule has 2 aliphatic rings. The van der Waals surface area contributed by atoms with E-state index in [1.165, 1.54) is 0 Å². The molecule has 0 aliphatic carbocycles. The summed E-state index contributed by atoms with van der Waals surface area (Å²) in [4.78, 5) is 34.9. The van der Waals surface area contributed by atoms with Crippen molar-refractivity contribution in [2.45, 2.75) is 25.5 Å². The molecule has 1 fully saturated rings. The van der Waals surface area contributed by atoms with Crippen molar-refractivity contribution in [3.63, 3.8) is 0 Å². The first kappa shape index (κ1) is 15.4. The van der Waals surface area contributed by atoms with Crippen LogP contribution < -0.4 is 10.6 Å². The number of hydrogen-bond acceptors (Lipinski definition) is 4. The molecule has 2 aromatic carbocycles. The normalized spacial score (nSPS) is 18.5. The van der Waals surface area contributed by atoms with Crippen molar-refractivity contribution in [1.29, 1.82) is 0 Å². The van der Waals surface area contributed by atoms with E-state index in [4.69, 9.17) is 4.74 Å². The fourth-order valence-electron chi connectivity index (χ4n) is 3.12. The van der Waals surface area contributed by atoms with Crippen LogP contribution in [0.4, 0.5) is 5.69 Å². The van der Waals surface area contributed by atoms with E-state index in [2.05, 4.69) is 10.6 Å². The molecule has 0 unspecified atom stereocenters. The monoisotopic (exact) mass is 336 g/mol. The number of rotatable bonds is 3. The molecule has 0 radical (unpaired) electrons. The van der Waals surface area contributed by atoms with Crippen molar-refractivity contribution in [1.82, 2.24) is 5.32 Å². The summed E-state index contributed by atoms with van der Waals surface area (Å²) < 4.78 is 4.98. The maximum atomic E-state index is 12.2. The van der Waals surface area contributed by atoms with Crippen molar-refractivity contribution >= 4 is 23.5 Å². The van der Waals surface area contributed by atoms with Gasteiger partial charge < -0.3 is 15.4 Å². The molecule has 1 saturated heterocycles. The Morgan fingerprint density at radius 2 is 1.96 bits per heavy atom. The fourth-order valence-corrected chi connectivity index (χ4v) is 3.12. The molecule has 2 heterocycles. The third-order valence-electron chi connectivity index (χ3n) is 4.43. The van der Waals surface area contributed by atoms with E-state index < -0.39 is 6.10 Å². The average Bonchev–Trinajstić information content (AvgIpc) is 3.21. The molecule has 0 aromatic heterocycles. The van der Waals surface area contributed by atoms with Crippen LogP contribution in [0.2, 0.25) is 0 Å². The predicted octanol–water partition coefficient (Wildman–Crippen LogP) is 2.24. The quantitative estimate of drug-likeness (QED) is 0.842. The van der Waals surface area contributed by atoms with E-state index >= 15 is 0 Å². The zero-order chi connectivity index (χ0) is 17.4. The van der Waals surface area contributed by atoms with Gasteiger partial charge in [0.25, 0.3) is 11.8 Å². The lowest BCUT2D eigenvalue weighted by atomic mass is 10.00. The molecule has 4 rings (SSSR count). The highest BCUT2D eigenvalue weighted by atomic mass is 16.6. The minimum Gasteiger partial charge on any atom is -0.452 e. The number of ether oxygens (including phenoxy) is 1. The highest BCUT2D eigenvalue weighted by Crippen LogP contribution is 2.27. The standard InChI is InChI=1S/C19H16N2O4/c22-17-7-6-16(25-17)19(24)21-14-3-1-2-11(9-14)12-4-5-15-13(8-12)10-20-18(15)23/h1-5,8-9,16H,6-7,10H2,(H,20,23)(H,21,24)/t16-/m0/s1. The van der Waals surface area contributed by atoms with Gasteiger partial charge in [0.15, 0.2) is 6.10 Å². The molecule has 1 atom stereocenters. The minimum atomic E-state index is -0.715. The van der Waals surface area contributed by atoms with Crippen molar-refractivity contribution in [3.8, 4) is 11.1 Å². The highest BCUT2D eigenvalue weighted by Gasteiger charge is 2.29. The molecule has 126 valence electrons. The Hall–Kier alpha value is -3.15. The van der Waals surface area contributed by atoms with Gasteiger partial charge in [-0.25, -0.2) is 0 Å². The highest BCUT2D eigenvalue weighted by molar-refractivity contribution is 5.99. The third-order valence-corrected chi connectivity index (χ3v) is 4.43. The molecule has 6 nitrogen and oxygen atoms in total. The van der Waals surface area contributed by atoms with Crippen LogP contribution in [0.3, 0.4) is 0 Å². The molecule has 2 N–H and O–H groups in total. The molecule has 0 bridgehead atoms. The number of benzene rings is 2. The summed E-state index contributed by atoms with van der Waals surface area (Å²) >= 11 is 0. The van der Waals surface area contributed by atoms with Crippen LogP contribution in [0.5, 0.6) is 0 Å². The first-order chi connectivity index (χ1) is 12.1. The Bertz CT molecular complexity index is 891. The number of carbonyl (C=O) groups excluding carboxylic acids is 3. The Morgan fingerprint density at radius 3 is 2.76 bits per heavy atom. The minimum absolute atomic E-state index is 0.0475. The number of cyclic esters (lactones) is 1. The number of esters is 1. The van der Waals surface area contributed by atoms with E-state index in [9.17, 15) is 14.4 Å². The van der Waals surface area contributed by atoms with Gasteiger partial charge in [0, 0.05) is 30.6 Å². The van der Waals surface area contributed by atoms with Crippen molar-refractivity contribution < 1.29 is 19.1 Å². The van der Waals surface area contributed by atoms with Crippen LogP contribution in [0, 0.1) is 0 Å². The van der Waals surface area contributed by atoms with Crippen LogP contribution in [0.1, 0.15) is 28.8 Å². The molecule has 2 amide bonds. The molecular weight excluding hydrogens is 320 g/mol. The van der Waals surface area contributed by atoms with Crippen molar-refractivity contribution in [2.75, 3.05) is 5.32 Å². The molecule has 0 saturated carbocycles. The molecular formula is C19H16N2O4. The second-order valence-corrected chi connectivity index (χ2v) is 6.14. The predicted molar refractivity (Wildman–Crippen MR) is 90.8 cm³/mol. The maximum absolute atomic E-state index is 12.2. The first-order valence-electron chi connectivity index (χ1n) is 8.12. The van der Waals surface area contributed by atoms with Crippen molar-refractivity contribution in [3.05, 3.63) is 53.6 Å². The number of nitrogens with one attached hydrogen (secondary N) is 2. The largest absolute Gasteiger partial charge is 0.452 e. The maximum Gasteiger partial charge on any atom is 0.306 e. The Kier molecular flexibility index (Phi) is 3.72. The van der Waals surface area contributed by atoms with Gasteiger partial charge >= 0.3 is 5.97 Å². The summed E-state index contributed by atoms with van der Waals surface area (Å²) in [6.07, 6.45) is -0.0239. The lowest BCUT2D eigenvalue weighted by molar-refractivity contribution is -0.146. The summed E-state index contributed by atoms with van der Waals surface area (Å²) in [5.41, 5.74) is 4.22. The Labute approximate surface area is 144 Å². The SMILES string of the molecule is O=C1CC[C@@H](C(=O)Nc2cccc(-c3ccc4c(c3)CNC4=O)c2)O1. The second kappa shape index (κ2) is 6.05. The van der Waals surface area contributed by atoms with E-state index in [-0.39, 0.29) is 24.2 Å². The fraction of sp³-hybridized carbons (Fsp3) is 0.211. The van der Waals surface area contributed by atoms with Gasteiger partial charge in [0.05, 0.1) is 0 Å². The van der Waals surface area contributed by atoms with Gasteiger partial charge in [-0.05, 0) is 41.0 Å². The summed E-state index contributed by atoms with van der Waals surface area (Å²) in [5, 5.41) is 5.59. The zero-order valence-corrected chi connectivity index (χ0v) is 13.4. The molecule has 6 heteroatoms. The van der Waals surface area contributed by atoms with Crippen LogP contribution in [0.25, 0.3) is 11.1 Å². The van der Waals surface area contributed by atoms with Gasteiger partial charge in [-0.2, -0.15) is 0 Å². The number of anilines is 1. The summed E-state index contributed by atoms with van der Waals surface area (Å²) in [5.74, 6) is -0.698. The van der Waals surface area contributed by atoms with Gasteiger partial charge in [0.1, 0.15) is 0 Å². The smallest absolute Gasteiger partial charge is 0.306 e. The molecule has 2 aromatic rings.